The summed E-state index contributed by atoms with van der Waals surface area (Å²) in [6.45, 7) is -3.18. The SMILES string of the molecule is O=C(C[C@@H]1Cc2cc(Cl)c3[nH]c(=O)n(CC(F)(F)F)c3c2CN(CC(F)(F)F)C1=O)N1CCC(N2CCc3ccccc3NC2=O)CC1. The van der Waals surface area contributed by atoms with Crippen LogP contribution < -0.4 is 11.0 Å². The molecule has 0 bridgehead atoms. The molecule has 48 heavy (non-hydrogen) atoms. The largest absolute Gasteiger partial charge is 0.406 e. The minimum absolute atomic E-state index is 0.0803. The van der Waals surface area contributed by atoms with Gasteiger partial charge in [-0.25, -0.2) is 9.59 Å². The first-order chi connectivity index (χ1) is 22.6. The number of para-hydroxylation sites is 1. The lowest BCUT2D eigenvalue weighted by atomic mass is 9.92. The van der Waals surface area contributed by atoms with E-state index in [1.807, 2.05) is 24.3 Å². The number of rotatable bonds is 5. The number of aromatic amines is 1. The molecule has 10 nitrogen and oxygen atoms in total. The van der Waals surface area contributed by atoms with Gasteiger partial charge in [-0.05, 0) is 48.9 Å². The first kappa shape index (κ1) is 33.7. The fourth-order valence-electron chi connectivity index (χ4n) is 7.00. The van der Waals surface area contributed by atoms with Gasteiger partial charge in [0, 0.05) is 49.9 Å². The number of likely N-dealkylation sites (tertiary alicyclic amines) is 1. The minimum Gasteiger partial charge on any atom is -0.343 e. The van der Waals surface area contributed by atoms with Crippen LogP contribution in [0.3, 0.4) is 0 Å². The Labute approximate surface area is 274 Å². The van der Waals surface area contributed by atoms with E-state index in [4.69, 9.17) is 11.6 Å². The van der Waals surface area contributed by atoms with Gasteiger partial charge in [-0.1, -0.05) is 29.8 Å². The molecule has 1 fully saturated rings. The van der Waals surface area contributed by atoms with E-state index in [1.165, 1.54) is 11.0 Å². The highest BCUT2D eigenvalue weighted by atomic mass is 35.5. The van der Waals surface area contributed by atoms with Gasteiger partial charge in [0.15, 0.2) is 0 Å². The molecule has 1 saturated heterocycles. The molecule has 0 spiro atoms. The number of nitrogens with zero attached hydrogens (tertiary/aromatic N) is 4. The zero-order valence-electron chi connectivity index (χ0n) is 25.4. The number of H-pyrrole nitrogens is 1. The number of aromatic nitrogens is 2. The number of piperidine rings is 1. The lowest BCUT2D eigenvalue weighted by molar-refractivity contribution is -0.165. The molecule has 258 valence electrons. The van der Waals surface area contributed by atoms with E-state index in [9.17, 15) is 45.5 Å². The van der Waals surface area contributed by atoms with Crippen LogP contribution in [0.15, 0.2) is 35.1 Å². The van der Waals surface area contributed by atoms with E-state index in [-0.39, 0.29) is 58.8 Å². The van der Waals surface area contributed by atoms with E-state index in [1.54, 1.807) is 4.90 Å². The maximum atomic E-state index is 13.7. The lowest BCUT2D eigenvalue weighted by Gasteiger charge is -2.38. The Balaban J connectivity index is 1.22. The fourth-order valence-corrected chi connectivity index (χ4v) is 7.27. The van der Waals surface area contributed by atoms with Crippen LogP contribution in [-0.2, 0) is 35.5 Å². The summed E-state index contributed by atoms with van der Waals surface area (Å²) in [4.78, 5) is 58.6. The van der Waals surface area contributed by atoms with Crippen LogP contribution in [0.25, 0.3) is 11.0 Å². The zero-order chi connectivity index (χ0) is 34.5. The summed E-state index contributed by atoms with van der Waals surface area (Å²) in [6, 6.07) is 8.42. The molecule has 0 saturated carbocycles. The molecule has 4 amide bonds. The molecule has 3 aliphatic rings. The molecule has 2 N–H and O–H groups in total. The van der Waals surface area contributed by atoms with Crippen LogP contribution in [0, 0.1) is 5.92 Å². The Morgan fingerprint density at radius 3 is 2.31 bits per heavy atom. The molecule has 0 radical (unpaired) electrons. The summed E-state index contributed by atoms with van der Waals surface area (Å²) < 4.78 is 81.6. The van der Waals surface area contributed by atoms with Gasteiger partial charge >= 0.3 is 24.1 Å². The third kappa shape index (κ3) is 6.98. The minimum atomic E-state index is -4.85. The number of hydrogen-bond acceptors (Lipinski definition) is 4. The Morgan fingerprint density at radius 2 is 1.62 bits per heavy atom. The molecule has 0 unspecified atom stereocenters. The third-order valence-electron chi connectivity index (χ3n) is 9.20. The smallest absolute Gasteiger partial charge is 0.343 e. The number of hydrogen-bond donors (Lipinski definition) is 2. The summed E-state index contributed by atoms with van der Waals surface area (Å²) in [7, 11) is 0. The summed E-state index contributed by atoms with van der Waals surface area (Å²) in [6.07, 6.45) is -8.87. The van der Waals surface area contributed by atoms with Gasteiger partial charge in [0.2, 0.25) is 11.8 Å². The molecular formula is C31H31ClF6N6O4. The van der Waals surface area contributed by atoms with Crippen LogP contribution in [-0.4, -0.2) is 86.7 Å². The van der Waals surface area contributed by atoms with Gasteiger partial charge in [0.25, 0.3) is 0 Å². The van der Waals surface area contributed by atoms with Crippen molar-refractivity contribution < 1.29 is 40.7 Å². The summed E-state index contributed by atoms with van der Waals surface area (Å²) in [5, 5.41) is 2.78. The molecule has 1 atom stereocenters. The van der Waals surface area contributed by atoms with Gasteiger partial charge in [-0.3, -0.25) is 14.2 Å². The van der Waals surface area contributed by atoms with Gasteiger partial charge in [-0.15, -0.1) is 0 Å². The Kier molecular flexibility index (Phi) is 8.89. The van der Waals surface area contributed by atoms with Gasteiger partial charge in [0.05, 0.1) is 22.0 Å². The van der Waals surface area contributed by atoms with Gasteiger partial charge < -0.3 is 25.0 Å². The highest BCUT2D eigenvalue weighted by Gasteiger charge is 2.41. The van der Waals surface area contributed by atoms with Gasteiger partial charge in [-0.2, -0.15) is 26.3 Å². The molecule has 2 aromatic carbocycles. The standard InChI is InChI=1S/C31H31ClF6N6O4/c32-22-12-18-11-19(13-24(45)41-8-6-20(7-9-41)43-10-5-17-3-1-2-4-23(17)39-28(43)47)27(46)42(15-30(33,34)35)14-21(18)26-25(22)40-29(48)44(26)16-31(36,37)38/h1-4,12,19-20H,5-11,13-16H2,(H,39,47)(H,40,48)/t19-/m0/s1. The molecule has 3 aromatic rings. The number of urea groups is 1. The zero-order valence-corrected chi connectivity index (χ0v) is 26.1. The maximum Gasteiger partial charge on any atom is 0.406 e. The molecular weight excluding hydrogens is 670 g/mol. The number of nitrogens with one attached hydrogen (secondary N) is 2. The number of alkyl halides is 6. The van der Waals surface area contributed by atoms with Crippen molar-refractivity contribution in [2.24, 2.45) is 5.92 Å². The first-order valence-electron chi connectivity index (χ1n) is 15.4. The average molecular weight is 701 g/mol. The van der Waals surface area contributed by atoms with Crippen molar-refractivity contribution in [3.8, 4) is 0 Å². The average Bonchev–Trinajstić information content (AvgIpc) is 3.14. The number of imidazole rings is 1. The van der Waals surface area contributed by atoms with E-state index in [0.717, 1.165) is 11.3 Å². The topological polar surface area (TPSA) is 111 Å². The van der Waals surface area contributed by atoms with Crippen LogP contribution >= 0.6 is 11.6 Å². The molecule has 6 rings (SSSR count). The number of halogens is 7. The predicted molar refractivity (Wildman–Crippen MR) is 162 cm³/mol. The van der Waals surface area contributed by atoms with Crippen LogP contribution in [0.2, 0.25) is 5.02 Å². The second-order valence-electron chi connectivity index (χ2n) is 12.4. The Hall–Kier alpha value is -4.21. The van der Waals surface area contributed by atoms with E-state index >= 15 is 0 Å². The normalized spacial score (nSPS) is 19.6. The number of anilines is 1. The second kappa shape index (κ2) is 12.7. The van der Waals surface area contributed by atoms with E-state index in [2.05, 4.69) is 10.3 Å². The quantitative estimate of drug-likeness (QED) is 0.362. The second-order valence-corrected chi connectivity index (χ2v) is 12.8. The van der Waals surface area contributed by atoms with Crippen molar-refractivity contribution in [2.75, 3.05) is 31.5 Å². The van der Waals surface area contributed by atoms with Crippen LogP contribution in [0.5, 0.6) is 0 Å². The number of amides is 4. The fraction of sp³-hybridized carbons (Fsp3) is 0.484. The Bertz CT molecular complexity index is 1810. The monoisotopic (exact) mass is 700 g/mol. The van der Waals surface area contributed by atoms with Crippen LogP contribution in [0.1, 0.15) is 36.0 Å². The summed E-state index contributed by atoms with van der Waals surface area (Å²) >= 11 is 6.33. The molecule has 0 aliphatic carbocycles. The first-order valence-corrected chi connectivity index (χ1v) is 15.7. The molecule has 3 aliphatic heterocycles. The summed E-state index contributed by atoms with van der Waals surface area (Å²) in [5.41, 5.74) is 0.158. The lowest BCUT2D eigenvalue weighted by Crippen LogP contribution is -2.50. The number of fused-ring (bicyclic) bond motifs is 4. The van der Waals surface area contributed by atoms with Gasteiger partial charge in [0.1, 0.15) is 13.1 Å². The van der Waals surface area contributed by atoms with E-state index in [0.29, 0.717) is 35.3 Å². The van der Waals surface area contributed by atoms with Crippen molar-refractivity contribution in [2.45, 2.75) is 63.6 Å². The predicted octanol–water partition coefficient (Wildman–Crippen LogP) is 5.08. The highest BCUT2D eigenvalue weighted by Crippen LogP contribution is 2.36. The van der Waals surface area contributed by atoms with Crippen molar-refractivity contribution in [1.82, 2.24) is 24.3 Å². The van der Waals surface area contributed by atoms with Crippen molar-refractivity contribution in [3.05, 3.63) is 62.5 Å². The number of benzene rings is 2. The Morgan fingerprint density at radius 1 is 0.938 bits per heavy atom. The number of carbonyl (C=O) groups is 3. The maximum absolute atomic E-state index is 13.7. The third-order valence-corrected chi connectivity index (χ3v) is 9.50. The van der Waals surface area contributed by atoms with Crippen molar-refractivity contribution in [3.63, 3.8) is 0 Å². The van der Waals surface area contributed by atoms with E-state index < -0.39 is 61.8 Å². The highest BCUT2D eigenvalue weighted by molar-refractivity contribution is 6.35. The molecule has 4 heterocycles. The van der Waals surface area contributed by atoms with Crippen molar-refractivity contribution >= 4 is 46.2 Å². The molecule has 1 aromatic heterocycles. The number of carbonyl (C=O) groups excluding carboxylic acids is 3. The molecule has 17 heteroatoms. The van der Waals surface area contributed by atoms with Crippen LogP contribution in [0.4, 0.5) is 36.8 Å². The summed E-state index contributed by atoms with van der Waals surface area (Å²) in [5.74, 6) is -2.74. The van der Waals surface area contributed by atoms with Crippen molar-refractivity contribution in [1.29, 1.82) is 0 Å².